The van der Waals surface area contributed by atoms with Crippen LogP contribution in [0.5, 0.6) is 0 Å². The predicted molar refractivity (Wildman–Crippen MR) is 77.5 cm³/mol. The van der Waals surface area contributed by atoms with Gasteiger partial charge < -0.3 is 4.74 Å². The van der Waals surface area contributed by atoms with E-state index < -0.39 is 0 Å². The first kappa shape index (κ1) is 13.0. The van der Waals surface area contributed by atoms with Crippen LogP contribution in [0.15, 0.2) is 35.7 Å². The topological polar surface area (TPSA) is 62.1 Å². The Morgan fingerprint density at radius 2 is 2.25 bits per heavy atom. The van der Waals surface area contributed by atoms with Crippen LogP contribution in [0.2, 0.25) is 5.02 Å². The maximum Gasteiger partial charge on any atom is 0.269 e. The Labute approximate surface area is 124 Å². The van der Waals surface area contributed by atoms with E-state index in [2.05, 4.69) is 5.32 Å². The normalized spacial score (nSPS) is 14.2. The summed E-state index contributed by atoms with van der Waals surface area (Å²) in [5, 5.41) is 12.8. The van der Waals surface area contributed by atoms with Crippen LogP contribution < -0.4 is 5.32 Å². The molecule has 0 saturated carbocycles. The summed E-state index contributed by atoms with van der Waals surface area (Å²) in [6.45, 7) is 0.415. The Bertz CT molecular complexity index is 773. The molecule has 2 aromatic rings. The maximum absolute atomic E-state index is 12.2. The fraction of sp³-hybridized carbons (Fsp3) is 0.143. The van der Waals surface area contributed by atoms with E-state index in [1.54, 1.807) is 0 Å². The lowest BCUT2D eigenvalue weighted by Gasteiger charge is -2.05. The quantitative estimate of drug-likeness (QED) is 0.924. The van der Waals surface area contributed by atoms with Gasteiger partial charge in [0.2, 0.25) is 5.88 Å². The van der Waals surface area contributed by atoms with Gasteiger partial charge in [-0.25, -0.2) is 0 Å². The Morgan fingerprint density at radius 1 is 1.45 bits per heavy atom. The van der Waals surface area contributed by atoms with Crippen LogP contribution in [0.3, 0.4) is 0 Å². The molecular formula is C14H9ClN2O2S. The molecule has 0 radical (unpaired) electrons. The van der Waals surface area contributed by atoms with Crippen molar-refractivity contribution in [1.82, 2.24) is 5.32 Å². The summed E-state index contributed by atoms with van der Waals surface area (Å²) in [5.74, 6) is -0.105. The number of hydrogen-bond donors (Lipinski definition) is 1. The highest BCUT2D eigenvalue weighted by Gasteiger charge is 2.22. The maximum atomic E-state index is 12.2. The number of nitrogens with zero attached hydrogens (tertiary/aromatic N) is 1. The standard InChI is InChI=1S/C14H9ClN2O2S/c15-11-9-3-1-2-4-10(9)20-12(11)13(18)17-14-8(7-16)5-6-19-14/h1-4H,5-6H2,(H,17,18). The first-order valence-corrected chi connectivity index (χ1v) is 7.14. The first-order valence-electron chi connectivity index (χ1n) is 5.95. The molecule has 4 nitrogen and oxygen atoms in total. The zero-order valence-corrected chi connectivity index (χ0v) is 11.8. The van der Waals surface area contributed by atoms with Gasteiger partial charge in [-0.15, -0.1) is 11.3 Å². The number of fused-ring (bicyclic) bond motifs is 1. The van der Waals surface area contributed by atoms with E-state index in [4.69, 9.17) is 21.6 Å². The minimum absolute atomic E-state index is 0.242. The molecule has 0 atom stereocenters. The molecule has 1 aromatic carbocycles. The van der Waals surface area contributed by atoms with Crippen molar-refractivity contribution < 1.29 is 9.53 Å². The second-order valence-corrected chi connectivity index (χ2v) is 5.64. The molecule has 6 heteroatoms. The molecule has 1 aromatic heterocycles. The van der Waals surface area contributed by atoms with Crippen molar-refractivity contribution in [2.45, 2.75) is 6.42 Å². The lowest BCUT2D eigenvalue weighted by molar-refractivity contribution is 0.0934. The second-order valence-electron chi connectivity index (χ2n) is 4.21. The van der Waals surface area contributed by atoms with Crippen molar-refractivity contribution in [1.29, 1.82) is 5.26 Å². The number of hydrogen-bond acceptors (Lipinski definition) is 4. The van der Waals surface area contributed by atoms with Crippen molar-refractivity contribution in [2.24, 2.45) is 0 Å². The summed E-state index contributed by atoms with van der Waals surface area (Å²) in [6, 6.07) is 9.58. The summed E-state index contributed by atoms with van der Waals surface area (Å²) in [6.07, 6.45) is 0.520. The van der Waals surface area contributed by atoms with Crippen molar-refractivity contribution in [3.63, 3.8) is 0 Å². The van der Waals surface area contributed by atoms with Gasteiger partial charge >= 0.3 is 0 Å². The van der Waals surface area contributed by atoms with Crippen molar-refractivity contribution in [3.8, 4) is 6.07 Å². The van der Waals surface area contributed by atoms with Crippen LogP contribution in [-0.2, 0) is 4.74 Å². The van der Waals surface area contributed by atoms with Crippen LogP contribution in [0.25, 0.3) is 10.1 Å². The van der Waals surface area contributed by atoms with Gasteiger partial charge in [0.15, 0.2) is 0 Å². The van der Waals surface area contributed by atoms with Crippen LogP contribution in [0.4, 0.5) is 0 Å². The predicted octanol–water partition coefficient (Wildman–Crippen LogP) is 3.44. The number of ether oxygens (including phenoxy) is 1. The minimum atomic E-state index is -0.346. The Kier molecular flexibility index (Phi) is 3.35. The third-order valence-electron chi connectivity index (χ3n) is 2.98. The van der Waals surface area contributed by atoms with Crippen molar-refractivity contribution in [3.05, 3.63) is 45.6 Å². The molecule has 1 aliphatic heterocycles. The van der Waals surface area contributed by atoms with Crippen LogP contribution >= 0.6 is 22.9 Å². The highest BCUT2D eigenvalue weighted by molar-refractivity contribution is 7.21. The van der Waals surface area contributed by atoms with E-state index in [9.17, 15) is 4.79 Å². The fourth-order valence-electron chi connectivity index (χ4n) is 1.99. The third-order valence-corrected chi connectivity index (χ3v) is 4.65. The molecule has 3 rings (SSSR count). The highest BCUT2D eigenvalue weighted by atomic mass is 35.5. The van der Waals surface area contributed by atoms with Gasteiger partial charge in [0.1, 0.15) is 10.9 Å². The fourth-order valence-corrected chi connectivity index (χ4v) is 3.41. The highest BCUT2D eigenvalue weighted by Crippen LogP contribution is 2.35. The number of amides is 1. The number of rotatable bonds is 2. The molecule has 0 aliphatic carbocycles. The Balaban J connectivity index is 1.94. The van der Waals surface area contributed by atoms with Gasteiger partial charge in [-0.2, -0.15) is 5.26 Å². The molecule has 0 saturated heterocycles. The average molecular weight is 305 g/mol. The molecule has 0 unspecified atom stereocenters. The van der Waals surface area contributed by atoms with E-state index in [-0.39, 0.29) is 11.8 Å². The molecular weight excluding hydrogens is 296 g/mol. The van der Waals surface area contributed by atoms with Gasteiger partial charge in [0, 0.05) is 16.5 Å². The number of nitrogens with one attached hydrogen (secondary N) is 1. The molecule has 1 aliphatic rings. The Hall–Kier alpha value is -2.03. The molecule has 1 amide bonds. The molecule has 2 heterocycles. The zero-order valence-electron chi connectivity index (χ0n) is 10.3. The zero-order chi connectivity index (χ0) is 14.1. The average Bonchev–Trinajstić information content (AvgIpc) is 3.04. The molecule has 0 bridgehead atoms. The summed E-state index contributed by atoms with van der Waals surface area (Å²) in [5.41, 5.74) is 0.454. The number of benzene rings is 1. The summed E-state index contributed by atoms with van der Waals surface area (Å²) in [7, 11) is 0. The van der Waals surface area contributed by atoms with Gasteiger partial charge in [0.25, 0.3) is 5.91 Å². The monoisotopic (exact) mass is 304 g/mol. The summed E-state index contributed by atoms with van der Waals surface area (Å²) >= 11 is 7.55. The molecule has 0 fully saturated rings. The number of nitriles is 1. The Morgan fingerprint density at radius 3 is 3.00 bits per heavy atom. The van der Waals surface area contributed by atoms with Crippen LogP contribution in [0.1, 0.15) is 16.1 Å². The molecule has 0 spiro atoms. The third kappa shape index (κ3) is 2.13. The van der Waals surface area contributed by atoms with E-state index in [0.717, 1.165) is 10.1 Å². The largest absolute Gasteiger partial charge is 0.478 e. The summed E-state index contributed by atoms with van der Waals surface area (Å²) in [4.78, 5) is 12.7. The minimum Gasteiger partial charge on any atom is -0.478 e. The second kappa shape index (κ2) is 5.16. The van der Waals surface area contributed by atoms with Gasteiger partial charge in [-0.3, -0.25) is 10.1 Å². The van der Waals surface area contributed by atoms with Gasteiger partial charge in [-0.05, 0) is 6.07 Å². The van der Waals surface area contributed by atoms with Crippen molar-refractivity contribution in [2.75, 3.05) is 6.61 Å². The number of carbonyl (C=O) groups is 1. The SMILES string of the molecule is N#CC1=C(NC(=O)c2sc3ccccc3c2Cl)OCC1. The van der Waals surface area contributed by atoms with Crippen LogP contribution in [-0.4, -0.2) is 12.5 Å². The lowest BCUT2D eigenvalue weighted by Crippen LogP contribution is -2.23. The van der Waals surface area contributed by atoms with Crippen molar-refractivity contribution >= 4 is 38.9 Å². The van der Waals surface area contributed by atoms with E-state index >= 15 is 0 Å². The van der Waals surface area contributed by atoms with Gasteiger partial charge in [0.05, 0.1) is 17.2 Å². The number of carbonyl (C=O) groups excluding carboxylic acids is 1. The van der Waals surface area contributed by atoms with E-state index in [1.807, 2.05) is 30.3 Å². The van der Waals surface area contributed by atoms with E-state index in [0.29, 0.717) is 28.5 Å². The first-order chi connectivity index (χ1) is 9.70. The van der Waals surface area contributed by atoms with E-state index in [1.165, 1.54) is 11.3 Å². The summed E-state index contributed by atoms with van der Waals surface area (Å²) < 4.78 is 6.20. The smallest absolute Gasteiger partial charge is 0.269 e. The molecule has 1 N–H and O–H groups in total. The molecule has 20 heavy (non-hydrogen) atoms. The number of halogens is 1. The van der Waals surface area contributed by atoms with Gasteiger partial charge in [-0.1, -0.05) is 29.8 Å². The lowest BCUT2D eigenvalue weighted by atomic mass is 10.2. The van der Waals surface area contributed by atoms with Crippen LogP contribution in [0, 0.1) is 11.3 Å². The number of thiophene rings is 1. The molecule has 100 valence electrons.